The number of hydrogen-bond donors (Lipinski definition) is 2. The summed E-state index contributed by atoms with van der Waals surface area (Å²) in [5, 5.41) is 15.5. The van der Waals surface area contributed by atoms with E-state index in [9.17, 15) is 9.59 Å². The fourth-order valence-electron chi connectivity index (χ4n) is 1.69. The highest BCUT2D eigenvalue weighted by atomic mass is 16.6. The summed E-state index contributed by atoms with van der Waals surface area (Å²) in [6, 6.07) is 8.23. The molecule has 2 rings (SSSR count). The SMILES string of the molecule is COC(=O)C(Cc1nn[nH]n1)NC(=O)OCc1ccccc1. The number of methoxy groups -OCH3 is 1. The van der Waals surface area contributed by atoms with E-state index in [0.717, 1.165) is 5.56 Å². The molecule has 1 aromatic carbocycles. The van der Waals surface area contributed by atoms with E-state index in [1.807, 2.05) is 30.3 Å². The first-order valence-electron chi connectivity index (χ1n) is 6.46. The Balaban J connectivity index is 1.88. The van der Waals surface area contributed by atoms with Crippen LogP contribution in [0.4, 0.5) is 4.79 Å². The molecule has 0 aliphatic carbocycles. The summed E-state index contributed by atoms with van der Waals surface area (Å²) >= 11 is 0. The van der Waals surface area contributed by atoms with Crippen molar-refractivity contribution in [3.63, 3.8) is 0 Å². The number of H-pyrrole nitrogens is 1. The summed E-state index contributed by atoms with van der Waals surface area (Å²) in [6.45, 7) is 0.1000. The topological polar surface area (TPSA) is 119 Å². The number of aromatic amines is 1. The molecule has 0 bridgehead atoms. The second-order valence-corrected chi connectivity index (χ2v) is 4.31. The number of tetrazole rings is 1. The Morgan fingerprint density at radius 2 is 2.09 bits per heavy atom. The van der Waals surface area contributed by atoms with Crippen molar-refractivity contribution in [2.45, 2.75) is 19.1 Å². The van der Waals surface area contributed by atoms with Crippen molar-refractivity contribution in [1.82, 2.24) is 25.9 Å². The normalized spacial score (nSPS) is 11.5. The molecule has 2 N–H and O–H groups in total. The molecule has 2 aromatic rings. The molecule has 0 saturated carbocycles. The molecule has 9 nitrogen and oxygen atoms in total. The van der Waals surface area contributed by atoms with Crippen molar-refractivity contribution in [2.75, 3.05) is 7.11 Å². The number of alkyl carbamates (subject to hydrolysis) is 1. The zero-order valence-corrected chi connectivity index (χ0v) is 11.9. The number of amides is 1. The smallest absolute Gasteiger partial charge is 0.408 e. The number of nitrogens with one attached hydrogen (secondary N) is 2. The van der Waals surface area contributed by atoms with Crippen molar-refractivity contribution in [1.29, 1.82) is 0 Å². The fraction of sp³-hybridized carbons (Fsp3) is 0.308. The van der Waals surface area contributed by atoms with Gasteiger partial charge in [-0.3, -0.25) is 0 Å². The Hall–Kier alpha value is -2.97. The van der Waals surface area contributed by atoms with Gasteiger partial charge < -0.3 is 14.8 Å². The number of aromatic nitrogens is 4. The van der Waals surface area contributed by atoms with Crippen LogP contribution in [0, 0.1) is 0 Å². The lowest BCUT2D eigenvalue weighted by molar-refractivity contribution is -0.143. The molecule has 0 fully saturated rings. The van der Waals surface area contributed by atoms with Crippen LogP contribution in [0.5, 0.6) is 0 Å². The molecule has 0 saturated heterocycles. The predicted molar refractivity (Wildman–Crippen MR) is 73.4 cm³/mol. The first-order valence-corrected chi connectivity index (χ1v) is 6.46. The lowest BCUT2D eigenvalue weighted by Gasteiger charge is -2.14. The van der Waals surface area contributed by atoms with Gasteiger partial charge in [-0.05, 0) is 5.56 Å². The van der Waals surface area contributed by atoms with Gasteiger partial charge in [-0.1, -0.05) is 35.5 Å². The first kappa shape index (κ1) is 15.4. The number of hydrogen-bond acceptors (Lipinski definition) is 7. The van der Waals surface area contributed by atoms with E-state index in [1.54, 1.807) is 0 Å². The van der Waals surface area contributed by atoms with Crippen molar-refractivity contribution < 1.29 is 19.1 Å². The van der Waals surface area contributed by atoms with Gasteiger partial charge in [0, 0.05) is 6.42 Å². The van der Waals surface area contributed by atoms with Gasteiger partial charge in [0.05, 0.1) is 7.11 Å². The minimum Gasteiger partial charge on any atom is -0.467 e. The van der Waals surface area contributed by atoms with Crippen molar-refractivity contribution >= 4 is 12.1 Å². The van der Waals surface area contributed by atoms with Gasteiger partial charge in [0.25, 0.3) is 0 Å². The highest BCUT2D eigenvalue weighted by Crippen LogP contribution is 2.02. The highest BCUT2D eigenvalue weighted by molar-refractivity contribution is 5.81. The summed E-state index contributed by atoms with van der Waals surface area (Å²) in [7, 11) is 1.22. The van der Waals surface area contributed by atoms with Gasteiger partial charge in [-0.2, -0.15) is 5.21 Å². The molecule has 0 radical (unpaired) electrons. The van der Waals surface area contributed by atoms with Crippen LogP contribution >= 0.6 is 0 Å². The molecule has 0 spiro atoms. The predicted octanol–water partition coefficient (Wildman–Crippen LogP) is 0.210. The Bertz CT molecular complexity index is 602. The van der Waals surface area contributed by atoms with E-state index < -0.39 is 18.1 Å². The van der Waals surface area contributed by atoms with Crippen LogP contribution in [0.25, 0.3) is 0 Å². The van der Waals surface area contributed by atoms with Gasteiger partial charge in [-0.15, -0.1) is 10.2 Å². The molecule has 0 aliphatic rings. The van der Waals surface area contributed by atoms with Crippen LogP contribution < -0.4 is 5.32 Å². The number of carbonyl (C=O) groups excluding carboxylic acids is 2. The number of ether oxygens (including phenoxy) is 2. The summed E-state index contributed by atoms with van der Waals surface area (Å²) < 4.78 is 9.68. The van der Waals surface area contributed by atoms with Crippen LogP contribution in [0.3, 0.4) is 0 Å². The van der Waals surface area contributed by atoms with E-state index in [-0.39, 0.29) is 18.9 Å². The number of rotatable bonds is 6. The van der Waals surface area contributed by atoms with Gasteiger partial charge in [-0.25, -0.2) is 9.59 Å². The maximum atomic E-state index is 11.8. The zero-order valence-electron chi connectivity index (χ0n) is 11.9. The number of esters is 1. The van der Waals surface area contributed by atoms with E-state index in [4.69, 9.17) is 4.74 Å². The van der Waals surface area contributed by atoms with E-state index in [0.29, 0.717) is 0 Å². The summed E-state index contributed by atoms with van der Waals surface area (Å²) in [4.78, 5) is 23.4. The summed E-state index contributed by atoms with van der Waals surface area (Å²) in [5.74, 6) is -0.347. The standard InChI is InChI=1S/C13H15N5O4/c1-21-12(19)10(7-11-15-17-18-16-11)14-13(20)22-8-9-5-3-2-4-6-9/h2-6,10H,7-8H2,1H3,(H,14,20)(H,15,16,17,18). The number of carbonyl (C=O) groups is 2. The van der Waals surface area contributed by atoms with Crippen LogP contribution in [0.2, 0.25) is 0 Å². The van der Waals surface area contributed by atoms with Gasteiger partial charge in [0.15, 0.2) is 5.82 Å². The molecule has 116 valence electrons. The van der Waals surface area contributed by atoms with Crippen LogP contribution in [0.15, 0.2) is 30.3 Å². The average Bonchev–Trinajstić information content (AvgIpc) is 3.05. The van der Waals surface area contributed by atoms with Crippen LogP contribution in [-0.4, -0.2) is 45.8 Å². The Labute approximate surface area is 126 Å². The average molecular weight is 305 g/mol. The van der Waals surface area contributed by atoms with E-state index in [1.165, 1.54) is 7.11 Å². The lowest BCUT2D eigenvalue weighted by Crippen LogP contribution is -2.43. The van der Waals surface area contributed by atoms with E-state index >= 15 is 0 Å². The maximum Gasteiger partial charge on any atom is 0.408 e. The van der Waals surface area contributed by atoms with Gasteiger partial charge >= 0.3 is 12.1 Å². The third-order valence-electron chi connectivity index (χ3n) is 2.77. The summed E-state index contributed by atoms with van der Waals surface area (Å²) in [5.41, 5.74) is 0.838. The van der Waals surface area contributed by atoms with Crippen LogP contribution in [0.1, 0.15) is 11.4 Å². The van der Waals surface area contributed by atoms with Crippen LogP contribution in [-0.2, 0) is 27.3 Å². The molecule has 1 aromatic heterocycles. The largest absolute Gasteiger partial charge is 0.467 e. The highest BCUT2D eigenvalue weighted by Gasteiger charge is 2.24. The molecule has 1 atom stereocenters. The molecule has 1 amide bonds. The van der Waals surface area contributed by atoms with E-state index in [2.05, 4.69) is 30.7 Å². The molecular formula is C13H15N5O4. The van der Waals surface area contributed by atoms with Crippen molar-refractivity contribution in [2.24, 2.45) is 0 Å². The number of benzene rings is 1. The monoisotopic (exact) mass is 305 g/mol. The Morgan fingerprint density at radius 1 is 1.32 bits per heavy atom. The molecule has 9 heteroatoms. The van der Waals surface area contributed by atoms with Gasteiger partial charge in [0.1, 0.15) is 12.6 Å². The fourth-order valence-corrected chi connectivity index (χ4v) is 1.69. The minimum atomic E-state index is -0.953. The molecule has 22 heavy (non-hydrogen) atoms. The third-order valence-corrected chi connectivity index (χ3v) is 2.77. The van der Waals surface area contributed by atoms with Crippen molar-refractivity contribution in [3.8, 4) is 0 Å². The molecule has 1 unspecified atom stereocenters. The zero-order chi connectivity index (χ0) is 15.8. The minimum absolute atomic E-state index is 0.0452. The molecular weight excluding hydrogens is 290 g/mol. The Morgan fingerprint density at radius 3 is 2.73 bits per heavy atom. The second-order valence-electron chi connectivity index (χ2n) is 4.31. The lowest BCUT2D eigenvalue weighted by atomic mass is 10.2. The second kappa shape index (κ2) is 7.72. The van der Waals surface area contributed by atoms with Gasteiger partial charge in [0.2, 0.25) is 0 Å². The maximum absolute atomic E-state index is 11.8. The number of nitrogens with zero attached hydrogens (tertiary/aromatic N) is 3. The molecule has 0 aliphatic heterocycles. The third kappa shape index (κ3) is 4.54. The Kier molecular flexibility index (Phi) is 5.41. The quantitative estimate of drug-likeness (QED) is 0.732. The molecule has 1 heterocycles. The summed E-state index contributed by atoms with van der Waals surface area (Å²) in [6.07, 6.45) is -0.688. The van der Waals surface area contributed by atoms with Crippen molar-refractivity contribution in [3.05, 3.63) is 41.7 Å². The first-order chi connectivity index (χ1) is 10.7.